The Balaban J connectivity index is 2.83. The van der Waals surface area contributed by atoms with Crippen LogP contribution in [0.2, 0.25) is 0 Å². The van der Waals surface area contributed by atoms with E-state index in [2.05, 4.69) is 17.1 Å². The molecule has 1 aromatic heterocycles. The summed E-state index contributed by atoms with van der Waals surface area (Å²) in [6.07, 6.45) is 4.17. The van der Waals surface area contributed by atoms with Crippen molar-refractivity contribution in [3.8, 4) is 0 Å². The highest BCUT2D eigenvalue weighted by molar-refractivity contribution is 5.05. The highest BCUT2D eigenvalue weighted by atomic mass is 15.1. The van der Waals surface area contributed by atoms with Crippen molar-refractivity contribution in [3.05, 3.63) is 30.9 Å². The first-order valence-corrected chi connectivity index (χ1v) is 2.48. The third kappa shape index (κ3) is 1.03. The van der Waals surface area contributed by atoms with E-state index in [1.54, 1.807) is 12.4 Å². The highest BCUT2D eigenvalue weighted by Crippen LogP contribution is 1.91. The molecule has 2 heteroatoms. The predicted molar refractivity (Wildman–Crippen MR) is 31.1 cm³/mol. The molecule has 0 aliphatic rings. The van der Waals surface area contributed by atoms with Crippen LogP contribution in [-0.2, 0) is 6.42 Å². The quantitative estimate of drug-likeness (QED) is 0.531. The Labute approximate surface area is 48.6 Å². The smallest absolute Gasteiger partial charge is 0.0528 e. The highest BCUT2D eigenvalue weighted by Gasteiger charge is 1.82. The lowest BCUT2D eigenvalue weighted by Crippen LogP contribution is -1.82. The molecule has 2 nitrogen and oxygen atoms in total. The molecule has 1 aromatic rings. The van der Waals surface area contributed by atoms with Gasteiger partial charge in [0.05, 0.1) is 6.20 Å². The van der Waals surface area contributed by atoms with Crippen molar-refractivity contribution in [2.45, 2.75) is 6.42 Å². The average molecular weight is 107 g/mol. The molecule has 1 radical (unpaired) electrons. The molecule has 1 rings (SSSR count). The summed E-state index contributed by atoms with van der Waals surface area (Å²) in [5.41, 5.74) is 1.13. The second-order valence-corrected chi connectivity index (χ2v) is 1.50. The summed E-state index contributed by atoms with van der Waals surface area (Å²) >= 11 is 0. The van der Waals surface area contributed by atoms with Crippen LogP contribution in [-0.4, -0.2) is 10.2 Å². The summed E-state index contributed by atoms with van der Waals surface area (Å²) in [7, 11) is 0. The zero-order valence-electron chi connectivity index (χ0n) is 4.54. The number of nitrogens with zero attached hydrogens (tertiary/aromatic N) is 2. The fourth-order valence-corrected chi connectivity index (χ4v) is 0.466. The lowest BCUT2D eigenvalue weighted by Gasteiger charge is -1.87. The van der Waals surface area contributed by atoms with Crippen molar-refractivity contribution in [2.24, 2.45) is 0 Å². The zero-order valence-corrected chi connectivity index (χ0v) is 4.54. The van der Waals surface area contributed by atoms with E-state index in [1.165, 1.54) is 0 Å². The average Bonchev–Trinajstić information content (AvgIpc) is 1.90. The first-order chi connectivity index (χ1) is 3.93. The Morgan fingerprint density at radius 2 is 2.38 bits per heavy atom. The van der Waals surface area contributed by atoms with Gasteiger partial charge in [-0.15, -0.1) is 0 Å². The molecule has 0 aliphatic heterocycles. The van der Waals surface area contributed by atoms with Gasteiger partial charge >= 0.3 is 0 Å². The maximum Gasteiger partial charge on any atom is 0.0528 e. The Bertz CT molecular complexity index is 148. The van der Waals surface area contributed by atoms with Crippen LogP contribution in [0.15, 0.2) is 18.5 Å². The summed E-state index contributed by atoms with van der Waals surface area (Å²) in [4.78, 5) is 0. The van der Waals surface area contributed by atoms with Gasteiger partial charge in [-0.05, 0) is 25.0 Å². The van der Waals surface area contributed by atoms with Crippen LogP contribution >= 0.6 is 0 Å². The minimum Gasteiger partial charge on any atom is -0.159 e. The van der Waals surface area contributed by atoms with Crippen molar-refractivity contribution in [2.75, 3.05) is 0 Å². The maximum atomic E-state index is 3.69. The van der Waals surface area contributed by atoms with Crippen LogP contribution in [0, 0.1) is 6.92 Å². The molecule has 0 N–H and O–H groups in total. The molecule has 41 valence electrons. The first kappa shape index (κ1) is 5.22. The van der Waals surface area contributed by atoms with Crippen molar-refractivity contribution in [1.29, 1.82) is 0 Å². The van der Waals surface area contributed by atoms with Crippen LogP contribution in [0.25, 0.3) is 0 Å². The van der Waals surface area contributed by atoms with E-state index in [9.17, 15) is 0 Å². The lowest BCUT2D eigenvalue weighted by molar-refractivity contribution is 1.00. The van der Waals surface area contributed by atoms with Crippen LogP contribution < -0.4 is 0 Å². The molecule has 0 spiro atoms. The third-order valence-electron chi connectivity index (χ3n) is 0.934. The maximum absolute atomic E-state index is 3.69. The van der Waals surface area contributed by atoms with Gasteiger partial charge in [0.1, 0.15) is 0 Å². The van der Waals surface area contributed by atoms with E-state index in [4.69, 9.17) is 0 Å². The summed E-state index contributed by atoms with van der Waals surface area (Å²) in [6, 6.07) is 1.90. The number of hydrogen-bond acceptors (Lipinski definition) is 2. The normalized spacial score (nSPS) is 9.12. The molecule has 1 heterocycles. The molecular formula is C6H7N2. The Morgan fingerprint density at radius 3 is 2.75 bits per heavy atom. The van der Waals surface area contributed by atoms with E-state index < -0.39 is 0 Å². The minimum absolute atomic E-state index is 0.787. The molecule has 0 atom stereocenters. The topological polar surface area (TPSA) is 25.8 Å². The van der Waals surface area contributed by atoms with Crippen LogP contribution in [0.4, 0.5) is 0 Å². The van der Waals surface area contributed by atoms with E-state index in [1.807, 2.05) is 6.07 Å². The van der Waals surface area contributed by atoms with Gasteiger partial charge in [-0.2, -0.15) is 10.2 Å². The molecule has 8 heavy (non-hydrogen) atoms. The van der Waals surface area contributed by atoms with Gasteiger partial charge in [0.15, 0.2) is 0 Å². The van der Waals surface area contributed by atoms with Crippen molar-refractivity contribution in [3.63, 3.8) is 0 Å². The van der Waals surface area contributed by atoms with Gasteiger partial charge in [0, 0.05) is 6.20 Å². The summed E-state index contributed by atoms with van der Waals surface area (Å²) < 4.78 is 0. The van der Waals surface area contributed by atoms with Gasteiger partial charge in [0.2, 0.25) is 0 Å². The Hall–Kier alpha value is -0.920. The second-order valence-electron chi connectivity index (χ2n) is 1.50. The Kier molecular flexibility index (Phi) is 1.57. The molecule has 0 aromatic carbocycles. The van der Waals surface area contributed by atoms with E-state index in [0.29, 0.717) is 0 Å². The van der Waals surface area contributed by atoms with E-state index >= 15 is 0 Å². The number of rotatable bonds is 1. The first-order valence-electron chi connectivity index (χ1n) is 2.48. The molecule has 0 amide bonds. The summed E-state index contributed by atoms with van der Waals surface area (Å²) in [5.74, 6) is 0. The van der Waals surface area contributed by atoms with Crippen LogP contribution in [0.5, 0.6) is 0 Å². The standard InChI is InChI=1S/C6H7N2/c1-2-6-3-4-7-8-5-6/h3-5H,1-2H2. The monoisotopic (exact) mass is 107 g/mol. The van der Waals surface area contributed by atoms with E-state index in [0.717, 1.165) is 12.0 Å². The minimum atomic E-state index is 0.787. The van der Waals surface area contributed by atoms with Gasteiger partial charge in [-0.25, -0.2) is 0 Å². The summed E-state index contributed by atoms with van der Waals surface area (Å²) in [6.45, 7) is 3.69. The lowest BCUT2D eigenvalue weighted by atomic mass is 10.2. The zero-order chi connectivity index (χ0) is 5.82. The summed E-state index contributed by atoms with van der Waals surface area (Å²) in [5, 5.41) is 7.28. The molecule has 0 aliphatic carbocycles. The molecule has 0 bridgehead atoms. The van der Waals surface area contributed by atoms with Crippen LogP contribution in [0.1, 0.15) is 5.56 Å². The molecule has 0 saturated heterocycles. The van der Waals surface area contributed by atoms with Crippen molar-refractivity contribution in [1.82, 2.24) is 10.2 Å². The van der Waals surface area contributed by atoms with Crippen LogP contribution in [0.3, 0.4) is 0 Å². The fourth-order valence-electron chi connectivity index (χ4n) is 0.466. The van der Waals surface area contributed by atoms with Gasteiger partial charge in [-0.1, -0.05) is 0 Å². The third-order valence-corrected chi connectivity index (χ3v) is 0.934. The predicted octanol–water partition coefficient (Wildman–Crippen LogP) is 0.853. The molecule has 0 unspecified atom stereocenters. The van der Waals surface area contributed by atoms with Crippen molar-refractivity contribution < 1.29 is 0 Å². The largest absolute Gasteiger partial charge is 0.159 e. The van der Waals surface area contributed by atoms with Crippen molar-refractivity contribution >= 4 is 0 Å². The Morgan fingerprint density at radius 1 is 1.50 bits per heavy atom. The second kappa shape index (κ2) is 2.40. The molecule has 0 fully saturated rings. The fraction of sp³-hybridized carbons (Fsp3) is 0.167. The van der Waals surface area contributed by atoms with E-state index in [-0.39, 0.29) is 0 Å². The SMILES string of the molecule is [CH2]Cc1ccnnc1. The molecule has 0 saturated carbocycles. The molecular weight excluding hydrogens is 100 g/mol. The number of hydrogen-bond donors (Lipinski definition) is 0. The van der Waals surface area contributed by atoms with Gasteiger partial charge in [0.25, 0.3) is 0 Å². The van der Waals surface area contributed by atoms with Gasteiger partial charge in [-0.3, -0.25) is 0 Å². The number of aromatic nitrogens is 2. The van der Waals surface area contributed by atoms with Gasteiger partial charge < -0.3 is 0 Å².